The number of hydrogen-bond acceptors (Lipinski definition) is 1. The van der Waals surface area contributed by atoms with Gasteiger partial charge in [-0.15, -0.1) is 11.6 Å². The van der Waals surface area contributed by atoms with Gasteiger partial charge in [0.05, 0.1) is 0 Å². The van der Waals surface area contributed by atoms with Crippen LogP contribution in [0.2, 0.25) is 0 Å². The Kier molecular flexibility index (Phi) is 1.59. The quantitative estimate of drug-likeness (QED) is 0.466. The lowest BCUT2D eigenvalue weighted by atomic mass is 10.1. The van der Waals surface area contributed by atoms with E-state index in [0.29, 0.717) is 6.54 Å². The zero-order valence-electron chi connectivity index (χ0n) is 5.77. The van der Waals surface area contributed by atoms with E-state index >= 15 is 0 Å². The van der Waals surface area contributed by atoms with Crippen molar-refractivity contribution in [2.24, 2.45) is 0 Å². The highest BCUT2D eigenvalue weighted by molar-refractivity contribution is 6.20. The van der Waals surface area contributed by atoms with Crippen LogP contribution < -0.4 is 5.32 Å². The van der Waals surface area contributed by atoms with E-state index in [1.165, 1.54) is 12.1 Å². The molecule has 0 aliphatic carbocycles. The van der Waals surface area contributed by atoms with E-state index in [0.717, 1.165) is 11.1 Å². The second-order valence-electron chi connectivity index (χ2n) is 2.59. The molecular formula is C8H7ClFN. The fraction of sp³-hybridized carbons (Fsp3) is 0.250. The first-order chi connectivity index (χ1) is 5.27. The van der Waals surface area contributed by atoms with Crippen molar-refractivity contribution >= 4 is 11.6 Å². The average Bonchev–Trinajstić information content (AvgIpc) is 2.32. The normalized spacial score (nSPS) is 21.8. The Morgan fingerprint density at radius 3 is 3.18 bits per heavy atom. The van der Waals surface area contributed by atoms with Crippen LogP contribution in [0.15, 0.2) is 18.2 Å². The van der Waals surface area contributed by atoms with Gasteiger partial charge in [-0.25, -0.2) is 4.39 Å². The van der Waals surface area contributed by atoms with E-state index in [4.69, 9.17) is 11.6 Å². The summed E-state index contributed by atoms with van der Waals surface area (Å²) >= 11 is 5.86. The van der Waals surface area contributed by atoms with Gasteiger partial charge in [0.1, 0.15) is 11.3 Å². The Balaban J connectivity index is 2.50. The lowest BCUT2D eigenvalue weighted by Gasteiger charge is -2.00. The molecule has 1 aliphatic rings. The maximum absolute atomic E-state index is 12.6. The summed E-state index contributed by atoms with van der Waals surface area (Å²) in [7, 11) is 0. The monoisotopic (exact) mass is 171 g/mol. The third-order valence-electron chi connectivity index (χ3n) is 1.85. The predicted octanol–water partition coefficient (Wildman–Crippen LogP) is 2.17. The average molecular weight is 172 g/mol. The molecule has 0 fully saturated rings. The van der Waals surface area contributed by atoms with Crippen molar-refractivity contribution < 1.29 is 4.39 Å². The van der Waals surface area contributed by atoms with Gasteiger partial charge in [-0.05, 0) is 23.3 Å². The number of alkyl halides is 1. The number of nitrogens with one attached hydrogen (secondary N) is 1. The molecule has 1 N–H and O–H groups in total. The van der Waals surface area contributed by atoms with Crippen molar-refractivity contribution in [3.8, 4) is 0 Å². The first kappa shape index (κ1) is 7.07. The minimum absolute atomic E-state index is 0.148. The molecule has 0 saturated carbocycles. The van der Waals surface area contributed by atoms with Gasteiger partial charge in [0.15, 0.2) is 0 Å². The number of benzene rings is 1. The van der Waals surface area contributed by atoms with E-state index < -0.39 is 0 Å². The Morgan fingerprint density at radius 2 is 2.36 bits per heavy atom. The van der Waals surface area contributed by atoms with Crippen LogP contribution >= 0.6 is 11.6 Å². The Morgan fingerprint density at radius 1 is 1.55 bits per heavy atom. The molecule has 1 heterocycles. The first-order valence-electron chi connectivity index (χ1n) is 3.43. The molecule has 0 aromatic heterocycles. The van der Waals surface area contributed by atoms with Gasteiger partial charge in [0, 0.05) is 6.54 Å². The molecule has 11 heavy (non-hydrogen) atoms. The number of rotatable bonds is 0. The summed E-state index contributed by atoms with van der Waals surface area (Å²) in [4.78, 5) is 0. The summed E-state index contributed by atoms with van der Waals surface area (Å²) in [5.41, 5.74) is 1.81. The van der Waals surface area contributed by atoms with Crippen LogP contribution in [0.25, 0.3) is 0 Å². The molecule has 0 radical (unpaired) electrons. The Bertz CT molecular complexity index is 287. The van der Waals surface area contributed by atoms with Crippen LogP contribution in [0.1, 0.15) is 16.6 Å². The molecule has 1 unspecified atom stereocenters. The molecule has 3 heteroatoms. The highest BCUT2D eigenvalue weighted by atomic mass is 35.5. The van der Waals surface area contributed by atoms with Gasteiger partial charge in [0.2, 0.25) is 0 Å². The SMILES string of the molecule is Fc1ccc2c(c1)CNC2Cl. The van der Waals surface area contributed by atoms with Crippen molar-refractivity contribution in [1.82, 2.24) is 5.32 Å². The van der Waals surface area contributed by atoms with Crippen molar-refractivity contribution in [2.75, 3.05) is 0 Å². The van der Waals surface area contributed by atoms with Crippen LogP contribution in [0, 0.1) is 5.82 Å². The van der Waals surface area contributed by atoms with Crippen molar-refractivity contribution in [3.63, 3.8) is 0 Å². The molecule has 0 bridgehead atoms. The molecule has 1 nitrogen and oxygen atoms in total. The van der Waals surface area contributed by atoms with Gasteiger partial charge >= 0.3 is 0 Å². The van der Waals surface area contributed by atoms with Gasteiger partial charge in [-0.1, -0.05) is 6.07 Å². The van der Waals surface area contributed by atoms with Gasteiger partial charge < -0.3 is 0 Å². The molecule has 0 saturated heterocycles. The van der Waals surface area contributed by atoms with Crippen molar-refractivity contribution in [3.05, 3.63) is 35.1 Å². The molecule has 1 aromatic carbocycles. The topological polar surface area (TPSA) is 12.0 Å². The highest BCUT2D eigenvalue weighted by Crippen LogP contribution is 2.28. The summed E-state index contributed by atoms with van der Waals surface area (Å²) in [5.74, 6) is -0.198. The zero-order valence-corrected chi connectivity index (χ0v) is 6.53. The van der Waals surface area contributed by atoms with E-state index in [1.807, 2.05) is 0 Å². The fourth-order valence-electron chi connectivity index (χ4n) is 1.28. The van der Waals surface area contributed by atoms with E-state index in [2.05, 4.69) is 5.32 Å². The minimum atomic E-state index is -0.198. The molecule has 1 aromatic rings. The minimum Gasteiger partial charge on any atom is -0.293 e. The van der Waals surface area contributed by atoms with Crippen molar-refractivity contribution in [1.29, 1.82) is 0 Å². The summed E-state index contributed by atoms with van der Waals surface area (Å²) in [6, 6.07) is 4.67. The zero-order chi connectivity index (χ0) is 7.84. The maximum atomic E-state index is 12.6. The number of fused-ring (bicyclic) bond motifs is 1. The lowest BCUT2D eigenvalue weighted by Crippen LogP contribution is -2.04. The summed E-state index contributed by atoms with van der Waals surface area (Å²) in [6.45, 7) is 0.668. The Labute approximate surface area is 69.2 Å². The fourth-order valence-corrected chi connectivity index (χ4v) is 1.57. The molecular weight excluding hydrogens is 165 g/mol. The molecule has 1 atom stereocenters. The number of halogens is 2. The van der Waals surface area contributed by atoms with Crippen LogP contribution in [-0.4, -0.2) is 0 Å². The molecule has 0 spiro atoms. The predicted molar refractivity (Wildman–Crippen MR) is 41.8 cm³/mol. The third-order valence-corrected chi connectivity index (χ3v) is 2.24. The lowest BCUT2D eigenvalue weighted by molar-refractivity contribution is 0.625. The van der Waals surface area contributed by atoms with Gasteiger partial charge in [0.25, 0.3) is 0 Å². The summed E-state index contributed by atoms with van der Waals surface area (Å²) in [5, 5.41) is 3.01. The summed E-state index contributed by atoms with van der Waals surface area (Å²) < 4.78 is 12.6. The third kappa shape index (κ3) is 1.12. The largest absolute Gasteiger partial charge is 0.293 e. The first-order valence-corrected chi connectivity index (χ1v) is 3.87. The summed E-state index contributed by atoms with van der Waals surface area (Å²) in [6.07, 6.45) is 0. The van der Waals surface area contributed by atoms with E-state index in [9.17, 15) is 4.39 Å². The van der Waals surface area contributed by atoms with Crippen molar-refractivity contribution in [2.45, 2.75) is 12.0 Å². The highest BCUT2D eigenvalue weighted by Gasteiger charge is 2.18. The van der Waals surface area contributed by atoms with Crippen LogP contribution in [0.3, 0.4) is 0 Å². The molecule has 0 amide bonds. The molecule has 58 valence electrons. The smallest absolute Gasteiger partial charge is 0.123 e. The maximum Gasteiger partial charge on any atom is 0.123 e. The van der Waals surface area contributed by atoms with Gasteiger partial charge in [-0.3, -0.25) is 5.32 Å². The Hall–Kier alpha value is -0.600. The van der Waals surface area contributed by atoms with Crippen LogP contribution in [0.4, 0.5) is 4.39 Å². The number of hydrogen-bond donors (Lipinski definition) is 1. The van der Waals surface area contributed by atoms with Crippen LogP contribution in [-0.2, 0) is 6.54 Å². The van der Waals surface area contributed by atoms with E-state index in [-0.39, 0.29) is 11.3 Å². The van der Waals surface area contributed by atoms with E-state index in [1.54, 1.807) is 6.07 Å². The van der Waals surface area contributed by atoms with Crippen LogP contribution in [0.5, 0.6) is 0 Å². The second kappa shape index (κ2) is 2.47. The second-order valence-corrected chi connectivity index (χ2v) is 3.02. The molecule has 1 aliphatic heterocycles. The standard InChI is InChI=1S/C8H7ClFN/c9-8-7-2-1-6(10)3-5(7)4-11-8/h1-3,8,11H,4H2. The van der Waals surface area contributed by atoms with Gasteiger partial charge in [-0.2, -0.15) is 0 Å². The molecule has 2 rings (SSSR count).